The number of methoxy groups -OCH3 is 1. The third-order valence-electron chi connectivity index (χ3n) is 2.65. The number of halogens is 1. The highest BCUT2D eigenvalue weighted by Crippen LogP contribution is 2.22. The van der Waals surface area contributed by atoms with Crippen LogP contribution in [0.4, 0.5) is 0 Å². The molecule has 18 heavy (non-hydrogen) atoms. The van der Waals surface area contributed by atoms with Gasteiger partial charge in [-0.25, -0.2) is 0 Å². The summed E-state index contributed by atoms with van der Waals surface area (Å²) in [7, 11) is 1.54. The van der Waals surface area contributed by atoms with E-state index < -0.39 is 0 Å². The molecule has 0 saturated carbocycles. The molecule has 0 spiro atoms. The highest BCUT2D eigenvalue weighted by molar-refractivity contribution is 9.10. The fourth-order valence-electron chi connectivity index (χ4n) is 1.72. The van der Waals surface area contributed by atoms with Crippen molar-refractivity contribution in [2.24, 2.45) is 0 Å². The highest BCUT2D eigenvalue weighted by Gasteiger charge is 2.20. The number of carbonyl (C=O) groups is 1. The molecule has 0 aliphatic heterocycles. The Balaban J connectivity index is 2.44. The summed E-state index contributed by atoms with van der Waals surface area (Å²) in [4.78, 5) is 12.4. The molecular formula is C13H13BrN2O2. The summed E-state index contributed by atoms with van der Waals surface area (Å²) in [5, 5.41) is 4.13. The third-order valence-corrected chi connectivity index (χ3v) is 3.18. The Hall–Kier alpha value is -1.62. The van der Waals surface area contributed by atoms with Gasteiger partial charge in [-0.1, -0.05) is 15.9 Å². The molecule has 0 fully saturated rings. The summed E-state index contributed by atoms with van der Waals surface area (Å²) in [6.45, 7) is 2.56. The van der Waals surface area contributed by atoms with Crippen molar-refractivity contribution in [3.8, 4) is 5.75 Å². The van der Waals surface area contributed by atoms with Crippen molar-refractivity contribution in [1.82, 2.24) is 9.78 Å². The number of aromatic nitrogens is 2. The SMILES string of the molecule is CCn1ncc(OC)c1C(=O)c1ccc(Br)cc1. The van der Waals surface area contributed by atoms with Gasteiger partial charge in [-0.3, -0.25) is 9.48 Å². The second kappa shape index (κ2) is 5.35. The van der Waals surface area contributed by atoms with E-state index in [2.05, 4.69) is 21.0 Å². The van der Waals surface area contributed by atoms with Crippen LogP contribution in [0.25, 0.3) is 0 Å². The van der Waals surface area contributed by atoms with Crippen LogP contribution < -0.4 is 4.74 Å². The smallest absolute Gasteiger partial charge is 0.214 e. The van der Waals surface area contributed by atoms with Crippen LogP contribution in [0.2, 0.25) is 0 Å². The molecule has 1 aromatic carbocycles. The van der Waals surface area contributed by atoms with E-state index in [4.69, 9.17) is 4.74 Å². The summed E-state index contributed by atoms with van der Waals surface area (Å²) < 4.78 is 7.76. The minimum atomic E-state index is -0.0845. The van der Waals surface area contributed by atoms with Crippen molar-refractivity contribution < 1.29 is 9.53 Å². The molecule has 0 atom stereocenters. The number of ether oxygens (including phenoxy) is 1. The second-order valence-electron chi connectivity index (χ2n) is 3.71. The highest BCUT2D eigenvalue weighted by atomic mass is 79.9. The Bertz CT molecular complexity index is 539. The first kappa shape index (κ1) is 12.8. The van der Waals surface area contributed by atoms with E-state index in [0.717, 1.165) is 4.47 Å². The lowest BCUT2D eigenvalue weighted by atomic mass is 10.1. The van der Waals surface area contributed by atoms with Gasteiger partial charge >= 0.3 is 0 Å². The van der Waals surface area contributed by atoms with Crippen molar-refractivity contribution in [2.45, 2.75) is 13.5 Å². The number of nitrogens with zero attached hydrogens (tertiary/aromatic N) is 2. The number of benzene rings is 1. The van der Waals surface area contributed by atoms with Crippen LogP contribution in [0, 0.1) is 0 Å². The fourth-order valence-corrected chi connectivity index (χ4v) is 1.99. The van der Waals surface area contributed by atoms with Gasteiger partial charge in [-0.2, -0.15) is 5.10 Å². The van der Waals surface area contributed by atoms with E-state index >= 15 is 0 Å². The maximum Gasteiger partial charge on any atom is 0.214 e. The molecule has 0 radical (unpaired) electrons. The largest absolute Gasteiger partial charge is 0.493 e. The minimum absolute atomic E-state index is 0.0845. The zero-order valence-electron chi connectivity index (χ0n) is 10.2. The van der Waals surface area contributed by atoms with Crippen molar-refractivity contribution in [3.05, 3.63) is 46.2 Å². The molecule has 0 bridgehead atoms. The molecule has 5 heteroatoms. The van der Waals surface area contributed by atoms with Gasteiger partial charge in [0.15, 0.2) is 11.4 Å². The standard InChI is InChI=1S/C13H13BrN2O2/c1-3-16-12(11(18-2)8-15-16)13(17)9-4-6-10(14)7-5-9/h4-8H,3H2,1-2H3. The van der Waals surface area contributed by atoms with Crippen molar-refractivity contribution >= 4 is 21.7 Å². The maximum absolute atomic E-state index is 12.4. The first-order valence-corrected chi connectivity index (χ1v) is 6.36. The fraction of sp³-hybridized carbons (Fsp3) is 0.231. The monoisotopic (exact) mass is 308 g/mol. The molecule has 0 saturated heterocycles. The Labute approximate surface area is 114 Å². The summed E-state index contributed by atoms with van der Waals surface area (Å²) in [6, 6.07) is 7.23. The maximum atomic E-state index is 12.4. The topological polar surface area (TPSA) is 44.1 Å². The lowest BCUT2D eigenvalue weighted by molar-refractivity contribution is 0.102. The van der Waals surface area contributed by atoms with E-state index in [9.17, 15) is 4.79 Å². The molecule has 0 unspecified atom stereocenters. The van der Waals surface area contributed by atoms with E-state index in [1.54, 1.807) is 23.0 Å². The van der Waals surface area contributed by atoms with Gasteiger partial charge in [0.2, 0.25) is 5.78 Å². The average molecular weight is 309 g/mol. The van der Waals surface area contributed by atoms with Crippen LogP contribution in [-0.2, 0) is 6.54 Å². The van der Waals surface area contributed by atoms with E-state index in [1.165, 1.54) is 7.11 Å². The van der Waals surface area contributed by atoms with Gasteiger partial charge in [-0.05, 0) is 31.2 Å². The molecule has 2 aromatic rings. The van der Waals surface area contributed by atoms with Crippen LogP contribution >= 0.6 is 15.9 Å². The Morgan fingerprint density at radius 3 is 2.61 bits per heavy atom. The number of hydrogen-bond acceptors (Lipinski definition) is 3. The van der Waals surface area contributed by atoms with E-state index in [-0.39, 0.29) is 5.78 Å². The molecule has 1 aromatic heterocycles. The number of carbonyl (C=O) groups excluding carboxylic acids is 1. The Morgan fingerprint density at radius 2 is 2.06 bits per heavy atom. The molecule has 2 rings (SSSR count). The number of ketones is 1. The third kappa shape index (κ3) is 2.31. The average Bonchev–Trinajstić information content (AvgIpc) is 2.81. The number of rotatable bonds is 4. The first-order valence-electron chi connectivity index (χ1n) is 5.57. The molecule has 0 aliphatic carbocycles. The van der Waals surface area contributed by atoms with Crippen LogP contribution in [0.3, 0.4) is 0 Å². The Morgan fingerprint density at radius 1 is 1.39 bits per heavy atom. The van der Waals surface area contributed by atoms with Crippen molar-refractivity contribution in [3.63, 3.8) is 0 Å². The van der Waals surface area contributed by atoms with Crippen LogP contribution in [0.5, 0.6) is 5.75 Å². The van der Waals surface area contributed by atoms with Gasteiger partial charge in [-0.15, -0.1) is 0 Å². The van der Waals surface area contributed by atoms with Crippen LogP contribution in [-0.4, -0.2) is 22.7 Å². The first-order chi connectivity index (χ1) is 8.67. The normalized spacial score (nSPS) is 10.4. The predicted molar refractivity (Wildman–Crippen MR) is 72.0 cm³/mol. The summed E-state index contributed by atoms with van der Waals surface area (Å²) in [5.41, 5.74) is 1.11. The van der Waals surface area contributed by atoms with Gasteiger partial charge < -0.3 is 4.74 Å². The summed E-state index contributed by atoms with van der Waals surface area (Å²) >= 11 is 3.35. The molecule has 1 heterocycles. The predicted octanol–water partition coefficient (Wildman–Crippen LogP) is 2.91. The van der Waals surface area contributed by atoms with Gasteiger partial charge in [0.1, 0.15) is 0 Å². The Kier molecular flexibility index (Phi) is 3.81. The molecule has 0 N–H and O–H groups in total. The van der Waals surface area contributed by atoms with E-state index in [1.807, 2.05) is 19.1 Å². The van der Waals surface area contributed by atoms with Crippen LogP contribution in [0.1, 0.15) is 23.0 Å². The number of hydrogen-bond donors (Lipinski definition) is 0. The minimum Gasteiger partial charge on any atom is -0.493 e. The summed E-state index contributed by atoms with van der Waals surface area (Å²) in [6.07, 6.45) is 1.57. The lowest BCUT2D eigenvalue weighted by Crippen LogP contribution is -2.11. The zero-order valence-corrected chi connectivity index (χ0v) is 11.8. The number of aryl methyl sites for hydroxylation is 1. The second-order valence-corrected chi connectivity index (χ2v) is 4.63. The molecular weight excluding hydrogens is 296 g/mol. The molecule has 0 amide bonds. The van der Waals surface area contributed by atoms with E-state index in [0.29, 0.717) is 23.6 Å². The lowest BCUT2D eigenvalue weighted by Gasteiger charge is -2.06. The molecule has 4 nitrogen and oxygen atoms in total. The quantitative estimate of drug-likeness (QED) is 0.816. The zero-order chi connectivity index (χ0) is 13.1. The van der Waals surface area contributed by atoms with Gasteiger partial charge in [0, 0.05) is 16.6 Å². The van der Waals surface area contributed by atoms with Gasteiger partial charge in [0.25, 0.3) is 0 Å². The molecule has 94 valence electrons. The summed E-state index contributed by atoms with van der Waals surface area (Å²) in [5.74, 6) is 0.420. The van der Waals surface area contributed by atoms with Crippen molar-refractivity contribution in [2.75, 3.05) is 7.11 Å². The van der Waals surface area contributed by atoms with Gasteiger partial charge in [0.05, 0.1) is 13.3 Å². The van der Waals surface area contributed by atoms with Crippen LogP contribution in [0.15, 0.2) is 34.9 Å². The molecule has 0 aliphatic rings. The van der Waals surface area contributed by atoms with Crippen molar-refractivity contribution in [1.29, 1.82) is 0 Å².